The van der Waals surface area contributed by atoms with Crippen LogP contribution in [0.5, 0.6) is 5.75 Å². The Morgan fingerprint density at radius 2 is 1.61 bits per heavy atom. The van der Waals surface area contributed by atoms with E-state index in [9.17, 15) is 13.2 Å². The Morgan fingerprint density at radius 3 is 2.33 bits per heavy atom. The number of carbonyl (C=O) groups is 1. The van der Waals surface area contributed by atoms with Crippen LogP contribution in [-0.2, 0) is 32.5 Å². The standard InChI is InChI=1S/C27H29N3O5S/c1-34-22-10-12-23(13-11-22)36(32,33)30-19-21-7-3-2-6-20(21)18-26(30)27(31)28-24-8-4-5-9-25(24)29-14-16-35-17-15-29/h2-13,26H,14-19H2,1H3,(H,28,31)/t26-/m0/s1. The molecule has 1 atom stereocenters. The van der Waals surface area contributed by atoms with Crippen LogP contribution in [-0.4, -0.2) is 58.1 Å². The van der Waals surface area contributed by atoms with Gasteiger partial charge in [-0.05, 0) is 53.9 Å². The van der Waals surface area contributed by atoms with Gasteiger partial charge in [0, 0.05) is 19.6 Å². The predicted octanol–water partition coefficient (Wildman–Crippen LogP) is 3.29. The minimum Gasteiger partial charge on any atom is -0.497 e. The second-order valence-electron chi connectivity index (χ2n) is 8.82. The van der Waals surface area contributed by atoms with Gasteiger partial charge >= 0.3 is 0 Å². The van der Waals surface area contributed by atoms with Gasteiger partial charge in [0.15, 0.2) is 0 Å². The van der Waals surface area contributed by atoms with E-state index in [1.165, 1.54) is 23.5 Å². The van der Waals surface area contributed by atoms with Gasteiger partial charge in [-0.1, -0.05) is 36.4 Å². The van der Waals surface area contributed by atoms with Crippen LogP contribution in [0.15, 0.2) is 77.7 Å². The van der Waals surface area contributed by atoms with E-state index in [1.807, 2.05) is 48.5 Å². The predicted molar refractivity (Wildman–Crippen MR) is 138 cm³/mol. The van der Waals surface area contributed by atoms with Crippen LogP contribution < -0.4 is 15.0 Å². The third-order valence-corrected chi connectivity index (χ3v) is 8.56. The number of carbonyl (C=O) groups excluding carboxylic acids is 1. The lowest BCUT2D eigenvalue weighted by molar-refractivity contribution is -0.120. The van der Waals surface area contributed by atoms with Crippen LogP contribution in [0.1, 0.15) is 11.1 Å². The van der Waals surface area contributed by atoms with Gasteiger partial charge in [-0.2, -0.15) is 4.31 Å². The van der Waals surface area contributed by atoms with Gasteiger partial charge < -0.3 is 19.7 Å². The summed E-state index contributed by atoms with van der Waals surface area (Å²) in [6.45, 7) is 2.81. The summed E-state index contributed by atoms with van der Waals surface area (Å²) in [5, 5.41) is 3.03. The number of morpholine rings is 1. The van der Waals surface area contributed by atoms with E-state index >= 15 is 0 Å². The molecule has 2 heterocycles. The SMILES string of the molecule is COc1ccc(S(=O)(=O)N2Cc3ccccc3C[C@H]2C(=O)Nc2ccccc2N2CCOCC2)cc1. The number of hydrogen-bond acceptors (Lipinski definition) is 6. The Labute approximate surface area is 211 Å². The Bertz CT molecular complexity index is 1340. The van der Waals surface area contributed by atoms with Crippen molar-refractivity contribution in [1.82, 2.24) is 4.31 Å². The average Bonchev–Trinajstić information content (AvgIpc) is 2.93. The second kappa shape index (κ2) is 10.3. The largest absolute Gasteiger partial charge is 0.497 e. The summed E-state index contributed by atoms with van der Waals surface area (Å²) in [4.78, 5) is 16.0. The molecular weight excluding hydrogens is 478 g/mol. The molecule has 0 aliphatic carbocycles. The lowest BCUT2D eigenvalue weighted by Crippen LogP contribution is -2.50. The Kier molecular flexibility index (Phi) is 6.95. The molecule has 1 amide bonds. The molecular formula is C27H29N3O5S. The number of para-hydroxylation sites is 2. The van der Waals surface area contributed by atoms with Crippen LogP contribution in [0.2, 0.25) is 0 Å². The number of rotatable bonds is 6. The molecule has 1 N–H and O–H groups in total. The first kappa shape index (κ1) is 24.3. The van der Waals surface area contributed by atoms with E-state index in [-0.39, 0.29) is 23.8 Å². The number of anilines is 2. The third kappa shape index (κ3) is 4.82. The highest BCUT2D eigenvalue weighted by Gasteiger charge is 2.40. The minimum atomic E-state index is -3.96. The number of ether oxygens (including phenoxy) is 2. The van der Waals surface area contributed by atoms with E-state index in [0.29, 0.717) is 24.7 Å². The smallest absolute Gasteiger partial charge is 0.244 e. The Morgan fingerprint density at radius 1 is 0.944 bits per heavy atom. The fourth-order valence-corrected chi connectivity index (χ4v) is 6.30. The minimum absolute atomic E-state index is 0.119. The fourth-order valence-electron chi connectivity index (χ4n) is 4.73. The molecule has 1 fully saturated rings. The van der Waals surface area contributed by atoms with E-state index in [0.717, 1.165) is 29.9 Å². The highest BCUT2D eigenvalue weighted by Crippen LogP contribution is 2.32. The summed E-state index contributed by atoms with van der Waals surface area (Å²) < 4.78 is 39.5. The summed E-state index contributed by atoms with van der Waals surface area (Å²) in [6.07, 6.45) is 0.289. The van der Waals surface area contributed by atoms with Crippen LogP contribution in [0.4, 0.5) is 11.4 Å². The molecule has 36 heavy (non-hydrogen) atoms. The van der Waals surface area contributed by atoms with Gasteiger partial charge in [0.25, 0.3) is 0 Å². The van der Waals surface area contributed by atoms with Gasteiger partial charge in [-0.3, -0.25) is 4.79 Å². The summed E-state index contributed by atoms with van der Waals surface area (Å²) in [7, 11) is -2.43. The molecule has 0 aromatic heterocycles. The van der Waals surface area contributed by atoms with Gasteiger partial charge in [-0.15, -0.1) is 0 Å². The third-order valence-electron chi connectivity index (χ3n) is 6.69. The lowest BCUT2D eigenvalue weighted by atomic mass is 9.95. The highest BCUT2D eigenvalue weighted by molar-refractivity contribution is 7.89. The maximum absolute atomic E-state index is 13.8. The molecule has 5 rings (SSSR count). The van der Waals surface area contributed by atoms with Crippen molar-refractivity contribution in [2.45, 2.75) is 23.9 Å². The number of hydrogen-bond donors (Lipinski definition) is 1. The van der Waals surface area contributed by atoms with Crippen molar-refractivity contribution in [2.75, 3.05) is 43.6 Å². The first-order valence-corrected chi connectivity index (χ1v) is 13.4. The van der Waals surface area contributed by atoms with Crippen molar-refractivity contribution in [1.29, 1.82) is 0 Å². The normalized spacial score (nSPS) is 18.4. The molecule has 0 spiro atoms. The first-order chi connectivity index (χ1) is 17.5. The van der Waals surface area contributed by atoms with Crippen molar-refractivity contribution in [3.8, 4) is 5.75 Å². The van der Waals surface area contributed by atoms with Crippen molar-refractivity contribution < 1.29 is 22.7 Å². The molecule has 0 bridgehead atoms. The summed E-state index contributed by atoms with van der Waals surface area (Å²) in [6, 6.07) is 20.6. The first-order valence-electron chi connectivity index (χ1n) is 11.9. The molecule has 0 saturated carbocycles. The number of amides is 1. The number of methoxy groups -OCH3 is 1. The molecule has 8 nitrogen and oxygen atoms in total. The fraction of sp³-hybridized carbons (Fsp3) is 0.296. The van der Waals surface area contributed by atoms with Crippen LogP contribution in [0.25, 0.3) is 0 Å². The number of sulfonamides is 1. The lowest BCUT2D eigenvalue weighted by Gasteiger charge is -2.35. The van der Waals surface area contributed by atoms with E-state index in [1.54, 1.807) is 12.1 Å². The van der Waals surface area contributed by atoms with Gasteiger partial charge in [0.1, 0.15) is 11.8 Å². The van der Waals surface area contributed by atoms with Crippen molar-refractivity contribution in [3.63, 3.8) is 0 Å². The van der Waals surface area contributed by atoms with E-state index in [4.69, 9.17) is 9.47 Å². The topological polar surface area (TPSA) is 88.2 Å². The molecule has 2 aliphatic heterocycles. The summed E-state index contributed by atoms with van der Waals surface area (Å²) >= 11 is 0. The van der Waals surface area contributed by atoms with Crippen molar-refractivity contribution >= 4 is 27.3 Å². The molecule has 0 unspecified atom stereocenters. The number of nitrogens with one attached hydrogen (secondary N) is 1. The molecule has 2 aliphatic rings. The van der Waals surface area contributed by atoms with E-state index < -0.39 is 16.1 Å². The second-order valence-corrected chi connectivity index (χ2v) is 10.7. The van der Waals surface area contributed by atoms with Crippen molar-refractivity contribution in [3.05, 3.63) is 83.9 Å². The quantitative estimate of drug-likeness (QED) is 0.551. The number of nitrogens with zero attached hydrogens (tertiary/aromatic N) is 2. The Balaban J connectivity index is 1.47. The zero-order valence-corrected chi connectivity index (χ0v) is 20.9. The zero-order valence-electron chi connectivity index (χ0n) is 20.1. The molecule has 1 saturated heterocycles. The highest BCUT2D eigenvalue weighted by atomic mass is 32.2. The van der Waals surface area contributed by atoms with Gasteiger partial charge in [0.2, 0.25) is 15.9 Å². The average molecular weight is 508 g/mol. The molecule has 3 aromatic carbocycles. The van der Waals surface area contributed by atoms with Gasteiger partial charge in [-0.25, -0.2) is 8.42 Å². The number of fused-ring (bicyclic) bond motifs is 1. The van der Waals surface area contributed by atoms with Gasteiger partial charge in [0.05, 0.1) is 36.6 Å². The Hall–Kier alpha value is -3.40. The van der Waals surface area contributed by atoms with Crippen molar-refractivity contribution in [2.24, 2.45) is 0 Å². The number of benzene rings is 3. The molecule has 9 heteroatoms. The zero-order chi connectivity index (χ0) is 25.1. The van der Waals surface area contributed by atoms with E-state index in [2.05, 4.69) is 10.2 Å². The van der Waals surface area contributed by atoms with Crippen LogP contribution in [0, 0.1) is 0 Å². The maximum Gasteiger partial charge on any atom is 0.244 e. The summed E-state index contributed by atoms with van der Waals surface area (Å²) in [5.74, 6) is 0.203. The maximum atomic E-state index is 13.8. The molecule has 3 aromatic rings. The van der Waals surface area contributed by atoms with Crippen LogP contribution in [0.3, 0.4) is 0 Å². The molecule has 188 valence electrons. The monoisotopic (exact) mass is 507 g/mol. The molecule has 0 radical (unpaired) electrons. The van der Waals surface area contributed by atoms with Crippen LogP contribution >= 0.6 is 0 Å². The summed E-state index contributed by atoms with van der Waals surface area (Å²) in [5.41, 5.74) is 3.42.